The fraction of sp³-hybridized carbons (Fsp3) is 0.100. The second kappa shape index (κ2) is 30.5. The predicted molar refractivity (Wildman–Crippen MR) is 422 cm³/mol. The molecule has 6 aromatic heterocycles. The molecular weight excluding hydrogens is 1260 g/mol. The van der Waals surface area contributed by atoms with E-state index in [0.29, 0.717) is 11.7 Å². The summed E-state index contributed by atoms with van der Waals surface area (Å²) in [5.41, 5.74) is 18.1. The molecule has 0 aliphatic carbocycles. The van der Waals surface area contributed by atoms with E-state index in [-0.39, 0.29) is 11.8 Å². The van der Waals surface area contributed by atoms with Crippen LogP contribution in [0.2, 0.25) is 0 Å². The number of H-pyrrole nitrogens is 1. The van der Waals surface area contributed by atoms with Crippen LogP contribution in [0, 0.1) is 0 Å². The van der Waals surface area contributed by atoms with Crippen LogP contribution in [0.5, 0.6) is 0 Å². The molecule has 13 nitrogen and oxygen atoms in total. The Morgan fingerprint density at radius 1 is 0.379 bits per heavy atom. The van der Waals surface area contributed by atoms with Gasteiger partial charge in [0.05, 0.1) is 16.6 Å². The van der Waals surface area contributed by atoms with Crippen LogP contribution in [0.15, 0.2) is 334 Å². The van der Waals surface area contributed by atoms with Crippen molar-refractivity contribution in [3.63, 3.8) is 0 Å². The Morgan fingerprint density at radius 3 is 1.29 bits per heavy atom. The fourth-order valence-electron chi connectivity index (χ4n) is 13.9. The van der Waals surface area contributed by atoms with Crippen LogP contribution in [0.1, 0.15) is 63.1 Å². The van der Waals surface area contributed by atoms with Gasteiger partial charge in [-0.3, -0.25) is 0 Å². The molecule has 7 heterocycles. The van der Waals surface area contributed by atoms with E-state index in [1.807, 2.05) is 77.6 Å². The third-order valence-electron chi connectivity index (χ3n) is 19.2. The zero-order chi connectivity index (χ0) is 68.9. The van der Waals surface area contributed by atoms with Gasteiger partial charge < -0.3 is 30.7 Å². The van der Waals surface area contributed by atoms with Crippen LogP contribution in [0.4, 0.5) is 23.1 Å². The van der Waals surface area contributed by atoms with E-state index in [4.69, 9.17) is 29.9 Å². The number of aromatic amines is 1. The molecule has 500 valence electrons. The van der Waals surface area contributed by atoms with Crippen LogP contribution < -0.4 is 21.3 Å². The van der Waals surface area contributed by atoms with Crippen LogP contribution in [-0.2, 0) is 6.42 Å². The van der Waals surface area contributed by atoms with Gasteiger partial charge >= 0.3 is 0 Å². The maximum absolute atomic E-state index is 5.01. The Bertz CT molecular complexity index is 5560. The second-order valence-electron chi connectivity index (χ2n) is 25.8. The van der Waals surface area contributed by atoms with Crippen LogP contribution in [0.25, 0.3) is 83.4 Å². The highest BCUT2D eigenvalue weighted by atomic mass is 15.1. The summed E-state index contributed by atoms with van der Waals surface area (Å²) in [7, 11) is 0. The van der Waals surface area contributed by atoms with Crippen molar-refractivity contribution in [3.8, 4) is 34.2 Å². The van der Waals surface area contributed by atoms with Gasteiger partial charge in [0, 0.05) is 118 Å². The summed E-state index contributed by atoms with van der Waals surface area (Å²) >= 11 is 0. The Kier molecular flexibility index (Phi) is 19.1. The minimum atomic E-state index is 0.196. The quantitative estimate of drug-likeness (QED) is 0.0525. The lowest BCUT2D eigenvalue weighted by Crippen LogP contribution is -2.15. The van der Waals surface area contributed by atoms with Crippen LogP contribution in [0.3, 0.4) is 0 Å². The molecule has 0 unspecified atom stereocenters. The molecule has 18 rings (SSSR count). The van der Waals surface area contributed by atoms with Gasteiger partial charge in [0.15, 0.2) is 17.5 Å². The fourth-order valence-corrected chi connectivity index (χ4v) is 13.9. The number of hydrogen-bond acceptors (Lipinski definition) is 11. The number of anilines is 4. The number of para-hydroxylation sites is 3. The van der Waals surface area contributed by atoms with Gasteiger partial charge in [-0.1, -0.05) is 218 Å². The zero-order valence-corrected chi connectivity index (χ0v) is 56.8. The molecule has 0 atom stereocenters. The van der Waals surface area contributed by atoms with Crippen LogP contribution >= 0.6 is 0 Å². The molecule has 13 heteroatoms. The molecule has 11 aromatic carbocycles. The lowest BCUT2D eigenvalue weighted by molar-refractivity contribution is 0.743. The molecule has 1 aliphatic rings. The number of fused-ring (bicyclic) bond motifs is 6. The lowest BCUT2D eigenvalue weighted by Gasteiger charge is -2.20. The molecule has 103 heavy (non-hydrogen) atoms. The van der Waals surface area contributed by atoms with E-state index in [0.717, 1.165) is 134 Å². The lowest BCUT2D eigenvalue weighted by atomic mass is 9.88. The standard InChI is InChI=1S/C31H26N4.C30H26N4.C29H23N5/c1-3-9-22(10-4-1)26(23-11-5-2-6-12-23)18-20-33-31-27-13-7-8-14-29(27)34-30(35-31)25-15-16-28-24(21-25)17-19-32-28;1-3-9-21(10-4-1)26(22-11-5-2-6-12-22)20-32-30-25-13-7-8-14-28(25)33-29(34-30)24-15-16-27-23(19-24)17-18-31-27;1-3-9-21(10-4-1)25(22-11-5-2-6-12-22)19-31-29-24-13-7-8-14-26(24)32-28(33-29)23-15-16-27-30-17-18-34(27)20-23/h1-17,19,21,26,32H,18,20H2,(H,33,34,35);1-16,19,26,31H,17-18,20H2,(H,32,33,34);1-18,20,25H,19H2,(H,31,32,33). The first-order valence-corrected chi connectivity index (χ1v) is 35.2. The van der Waals surface area contributed by atoms with Gasteiger partial charge in [-0.05, 0) is 143 Å². The van der Waals surface area contributed by atoms with Gasteiger partial charge in [-0.15, -0.1) is 0 Å². The number of nitrogens with one attached hydrogen (secondary N) is 5. The van der Waals surface area contributed by atoms with Gasteiger partial charge in [-0.25, -0.2) is 34.9 Å². The van der Waals surface area contributed by atoms with Crippen molar-refractivity contribution in [2.45, 2.75) is 30.6 Å². The normalized spacial score (nSPS) is 11.7. The van der Waals surface area contributed by atoms with Crippen molar-refractivity contribution in [1.82, 2.24) is 44.3 Å². The first-order valence-electron chi connectivity index (χ1n) is 35.2. The van der Waals surface area contributed by atoms with Gasteiger partial charge in [0.1, 0.15) is 23.1 Å². The van der Waals surface area contributed by atoms with E-state index < -0.39 is 0 Å². The SMILES string of the molecule is c1ccc(C(CCNc2nc(-c3ccc4[nH]ccc4c3)nc3ccccc23)c2ccccc2)cc1.c1ccc(C(CNc2nc(-c3ccc4c(c3)CCN4)nc3ccccc23)c2ccccc2)cc1.c1ccc(C(CNc2nc(-c3ccc4nccn4c3)nc3ccccc23)c2ccccc2)cc1. The number of hydrogen-bond donors (Lipinski definition) is 5. The maximum Gasteiger partial charge on any atom is 0.163 e. The topological polar surface area (TPSA) is 159 Å². The zero-order valence-electron chi connectivity index (χ0n) is 56.8. The van der Waals surface area contributed by atoms with Crippen molar-refractivity contribution >= 4 is 72.4 Å². The highest BCUT2D eigenvalue weighted by molar-refractivity contribution is 5.93. The van der Waals surface area contributed by atoms with E-state index in [9.17, 15) is 0 Å². The van der Waals surface area contributed by atoms with Crippen molar-refractivity contribution in [2.75, 3.05) is 47.4 Å². The van der Waals surface area contributed by atoms with Gasteiger partial charge in [-0.2, -0.15) is 0 Å². The Labute approximate surface area is 598 Å². The highest BCUT2D eigenvalue weighted by Crippen LogP contribution is 2.35. The van der Waals surface area contributed by atoms with Crippen LogP contribution in [-0.4, -0.2) is 70.5 Å². The Morgan fingerprint density at radius 2 is 0.796 bits per heavy atom. The highest BCUT2D eigenvalue weighted by Gasteiger charge is 2.21. The number of rotatable bonds is 19. The molecule has 1 aliphatic heterocycles. The number of imidazole rings is 1. The first-order chi connectivity index (χ1) is 51.0. The molecule has 0 fully saturated rings. The van der Waals surface area contributed by atoms with Gasteiger partial charge in [0.2, 0.25) is 0 Å². The average molecular weight is 1340 g/mol. The molecule has 0 saturated carbocycles. The van der Waals surface area contributed by atoms with Gasteiger partial charge in [0.25, 0.3) is 0 Å². The largest absolute Gasteiger partial charge is 0.384 e. The van der Waals surface area contributed by atoms with E-state index >= 15 is 0 Å². The number of nitrogens with zero attached hydrogens (tertiary/aromatic N) is 8. The maximum atomic E-state index is 5.01. The first kappa shape index (κ1) is 64.5. The molecule has 17 aromatic rings. The molecule has 0 bridgehead atoms. The van der Waals surface area contributed by atoms with E-state index in [1.54, 1.807) is 6.20 Å². The summed E-state index contributed by atoms with van der Waals surface area (Å²) < 4.78 is 1.99. The molecule has 0 spiro atoms. The number of pyridine rings is 1. The summed E-state index contributed by atoms with van der Waals surface area (Å²) in [6, 6.07) is 107. The monoisotopic (exact) mass is 1340 g/mol. The van der Waals surface area contributed by atoms with Crippen molar-refractivity contribution < 1.29 is 0 Å². The second-order valence-corrected chi connectivity index (χ2v) is 25.8. The minimum Gasteiger partial charge on any atom is -0.384 e. The summed E-state index contributed by atoms with van der Waals surface area (Å²) in [4.78, 5) is 37.2. The average Bonchev–Trinajstić information content (AvgIpc) is 1.31. The third kappa shape index (κ3) is 14.8. The molecule has 0 amide bonds. The van der Waals surface area contributed by atoms with Crippen molar-refractivity contribution in [2.24, 2.45) is 0 Å². The molecule has 0 radical (unpaired) electrons. The smallest absolute Gasteiger partial charge is 0.163 e. The summed E-state index contributed by atoms with van der Waals surface area (Å²) in [5, 5.41) is 18.7. The third-order valence-corrected chi connectivity index (χ3v) is 19.2. The van der Waals surface area contributed by atoms with Crippen molar-refractivity contribution in [3.05, 3.63) is 373 Å². The predicted octanol–water partition coefficient (Wildman–Crippen LogP) is 20.1. The molecular formula is C90H75N13. The molecule has 0 saturated heterocycles. The Hall–Kier alpha value is -13.1. The number of benzene rings is 11. The summed E-state index contributed by atoms with van der Waals surface area (Å²) in [6.07, 6.45) is 9.70. The summed E-state index contributed by atoms with van der Waals surface area (Å²) in [6.45, 7) is 3.24. The van der Waals surface area contributed by atoms with E-state index in [2.05, 4.69) is 286 Å². The van der Waals surface area contributed by atoms with E-state index in [1.165, 1.54) is 44.6 Å². The summed E-state index contributed by atoms with van der Waals surface area (Å²) in [5.74, 6) is 5.48. The molecule has 5 N–H and O–H groups in total. The Balaban J connectivity index is 0.000000119. The van der Waals surface area contributed by atoms with Crippen molar-refractivity contribution in [1.29, 1.82) is 0 Å². The minimum absolute atomic E-state index is 0.196. The number of aromatic nitrogens is 9.